The Morgan fingerprint density at radius 3 is 2.04 bits per heavy atom. The number of carbonyl (C=O) groups is 1. The lowest BCUT2D eigenvalue weighted by atomic mass is 10.2. The third-order valence-corrected chi connectivity index (χ3v) is 2.56. The van der Waals surface area contributed by atoms with Crippen molar-refractivity contribution < 1.29 is 41.3 Å². The predicted molar refractivity (Wildman–Crippen MR) is 66.5 cm³/mol. The van der Waals surface area contributed by atoms with Gasteiger partial charge in [-0.05, 0) is 36.4 Å². The molecular weight excluding hydrogens is 327 g/mol. The molecule has 0 atom stereocenters. The van der Waals surface area contributed by atoms with Crippen LogP contribution in [0.1, 0.15) is 10.4 Å². The average Bonchev–Trinajstić information content (AvgIpc) is 2.43. The molecule has 0 aromatic heterocycles. The Bertz CT molecular complexity index is 725. The largest absolute Gasteiger partial charge is 0.573 e. The van der Waals surface area contributed by atoms with Crippen LogP contribution in [0.3, 0.4) is 0 Å². The quantitative estimate of drug-likeness (QED) is 0.845. The van der Waals surface area contributed by atoms with Crippen LogP contribution in [0.25, 0.3) is 0 Å². The number of halogens is 5. The van der Waals surface area contributed by atoms with Gasteiger partial charge in [0, 0.05) is 0 Å². The Hall–Kier alpha value is -2.84. The number of alkyl halides is 3. The second-order valence-electron chi connectivity index (χ2n) is 4.16. The summed E-state index contributed by atoms with van der Waals surface area (Å²) in [7, 11) is 0. The first-order valence-electron chi connectivity index (χ1n) is 5.92. The van der Waals surface area contributed by atoms with Crippen LogP contribution < -0.4 is 9.47 Å². The van der Waals surface area contributed by atoms with E-state index < -0.39 is 41.0 Å². The summed E-state index contributed by atoms with van der Waals surface area (Å²) in [6.45, 7) is 0. The molecule has 2 rings (SSSR count). The zero-order valence-electron chi connectivity index (χ0n) is 11.0. The molecule has 2 aromatic rings. The van der Waals surface area contributed by atoms with E-state index in [-0.39, 0.29) is 5.75 Å². The van der Waals surface area contributed by atoms with Crippen molar-refractivity contribution in [2.75, 3.05) is 0 Å². The van der Waals surface area contributed by atoms with E-state index in [0.29, 0.717) is 6.07 Å². The van der Waals surface area contributed by atoms with E-state index in [4.69, 9.17) is 9.84 Å². The van der Waals surface area contributed by atoms with Gasteiger partial charge in [-0.25, -0.2) is 13.6 Å². The number of hydrogen-bond donors (Lipinski definition) is 1. The number of ether oxygens (including phenoxy) is 2. The highest BCUT2D eigenvalue weighted by Gasteiger charge is 2.31. The van der Waals surface area contributed by atoms with Gasteiger partial charge >= 0.3 is 12.3 Å². The first-order valence-corrected chi connectivity index (χ1v) is 5.92. The predicted octanol–water partition coefficient (Wildman–Crippen LogP) is 4.35. The summed E-state index contributed by atoms with van der Waals surface area (Å²) in [5, 5.41) is 8.89. The molecule has 9 heteroatoms. The van der Waals surface area contributed by atoms with Gasteiger partial charge in [-0.1, -0.05) is 0 Å². The van der Waals surface area contributed by atoms with Crippen LogP contribution in [0.4, 0.5) is 22.0 Å². The van der Waals surface area contributed by atoms with E-state index in [2.05, 4.69) is 4.74 Å². The molecule has 122 valence electrons. The van der Waals surface area contributed by atoms with Crippen LogP contribution in [-0.2, 0) is 0 Å². The van der Waals surface area contributed by atoms with Crippen LogP contribution in [0.2, 0.25) is 0 Å². The van der Waals surface area contributed by atoms with Gasteiger partial charge in [-0.15, -0.1) is 13.2 Å². The summed E-state index contributed by atoms with van der Waals surface area (Å²) >= 11 is 0. The van der Waals surface area contributed by atoms with E-state index in [1.54, 1.807) is 0 Å². The molecule has 1 N–H and O–H groups in total. The lowest BCUT2D eigenvalue weighted by Gasteiger charge is -2.11. The molecule has 4 nitrogen and oxygen atoms in total. The first kappa shape index (κ1) is 16.5. The molecular formula is C14H7F5O4. The smallest absolute Gasteiger partial charge is 0.477 e. The van der Waals surface area contributed by atoms with Gasteiger partial charge in [0.1, 0.15) is 22.8 Å². The molecule has 0 aliphatic carbocycles. The zero-order valence-corrected chi connectivity index (χ0v) is 11.0. The normalized spacial score (nSPS) is 11.2. The van der Waals surface area contributed by atoms with Gasteiger partial charge in [-0.3, -0.25) is 0 Å². The monoisotopic (exact) mass is 334 g/mol. The molecule has 0 amide bonds. The number of aromatic carboxylic acids is 1. The molecule has 0 radical (unpaired) electrons. The Morgan fingerprint density at radius 2 is 1.52 bits per heavy atom. The maximum atomic E-state index is 13.5. The Labute approximate surface area is 125 Å². The Balaban J connectivity index is 2.26. The minimum absolute atomic E-state index is 0.0898. The highest BCUT2D eigenvalue weighted by atomic mass is 19.4. The van der Waals surface area contributed by atoms with Gasteiger partial charge < -0.3 is 14.6 Å². The van der Waals surface area contributed by atoms with Gasteiger partial charge in [-0.2, -0.15) is 0 Å². The van der Waals surface area contributed by atoms with Crippen molar-refractivity contribution in [1.29, 1.82) is 0 Å². The fourth-order valence-electron chi connectivity index (χ4n) is 1.65. The van der Waals surface area contributed by atoms with Crippen molar-refractivity contribution in [3.05, 3.63) is 53.6 Å². The number of rotatable bonds is 4. The van der Waals surface area contributed by atoms with Gasteiger partial charge in [0.25, 0.3) is 0 Å². The van der Waals surface area contributed by atoms with Crippen molar-refractivity contribution >= 4 is 5.97 Å². The third kappa shape index (κ3) is 4.09. The molecule has 23 heavy (non-hydrogen) atoms. The molecule has 0 unspecified atom stereocenters. The van der Waals surface area contributed by atoms with E-state index in [1.807, 2.05) is 0 Å². The summed E-state index contributed by atoms with van der Waals surface area (Å²) in [6.07, 6.45) is -4.86. The van der Waals surface area contributed by atoms with Gasteiger partial charge in [0.2, 0.25) is 0 Å². The Kier molecular flexibility index (Phi) is 4.39. The van der Waals surface area contributed by atoms with Crippen molar-refractivity contribution in [2.24, 2.45) is 0 Å². The van der Waals surface area contributed by atoms with Crippen LogP contribution in [0.5, 0.6) is 17.2 Å². The number of hydrogen-bond acceptors (Lipinski definition) is 3. The van der Waals surface area contributed by atoms with E-state index in [1.165, 1.54) is 0 Å². The maximum Gasteiger partial charge on any atom is 0.573 e. The molecule has 0 aliphatic rings. The fraction of sp³-hybridized carbons (Fsp3) is 0.0714. The second-order valence-corrected chi connectivity index (χ2v) is 4.16. The molecule has 0 saturated heterocycles. The highest BCUT2D eigenvalue weighted by molar-refractivity contribution is 5.91. The van der Waals surface area contributed by atoms with E-state index in [0.717, 1.165) is 30.3 Å². The number of carboxylic acid groups (broad SMARTS) is 1. The minimum Gasteiger partial charge on any atom is -0.477 e. The lowest BCUT2D eigenvalue weighted by Crippen LogP contribution is -2.16. The van der Waals surface area contributed by atoms with Crippen LogP contribution >= 0.6 is 0 Å². The van der Waals surface area contributed by atoms with Gasteiger partial charge in [0.15, 0.2) is 11.6 Å². The zero-order chi connectivity index (χ0) is 17.2. The molecule has 0 spiro atoms. The van der Waals surface area contributed by atoms with E-state index in [9.17, 15) is 26.7 Å². The summed E-state index contributed by atoms with van der Waals surface area (Å²) in [5.41, 5.74) is -1.03. The maximum absolute atomic E-state index is 13.5. The third-order valence-electron chi connectivity index (χ3n) is 2.56. The highest BCUT2D eigenvalue weighted by Crippen LogP contribution is 2.30. The summed E-state index contributed by atoms with van der Waals surface area (Å²) in [6, 6.07) is 5.49. The molecule has 0 heterocycles. The minimum atomic E-state index is -4.86. The summed E-state index contributed by atoms with van der Waals surface area (Å²) in [4.78, 5) is 11.0. The van der Waals surface area contributed by atoms with Crippen molar-refractivity contribution in [3.63, 3.8) is 0 Å². The van der Waals surface area contributed by atoms with E-state index >= 15 is 0 Å². The fourth-order valence-corrected chi connectivity index (χ4v) is 1.65. The summed E-state index contributed by atoms with van der Waals surface area (Å²) in [5.74, 6) is -5.84. The lowest BCUT2D eigenvalue weighted by molar-refractivity contribution is -0.274. The first-order chi connectivity index (χ1) is 10.7. The molecule has 0 bridgehead atoms. The Morgan fingerprint density at radius 1 is 0.957 bits per heavy atom. The molecule has 0 fully saturated rings. The van der Waals surface area contributed by atoms with Crippen molar-refractivity contribution in [2.45, 2.75) is 6.36 Å². The topological polar surface area (TPSA) is 55.8 Å². The van der Waals surface area contributed by atoms with Crippen LogP contribution in [0.15, 0.2) is 36.4 Å². The van der Waals surface area contributed by atoms with Gasteiger partial charge in [0.05, 0.1) is 0 Å². The van der Waals surface area contributed by atoms with Crippen LogP contribution in [0, 0.1) is 11.6 Å². The standard InChI is InChI=1S/C14H7F5O4/c15-9-5-6-10(11(12(9)16)13(20)21)22-7-1-3-8(4-2-7)23-14(17,18)19/h1-6H,(H,20,21). The average molecular weight is 334 g/mol. The molecule has 2 aromatic carbocycles. The summed E-state index contributed by atoms with van der Waals surface area (Å²) < 4.78 is 71.3. The molecule has 0 saturated carbocycles. The van der Waals surface area contributed by atoms with Crippen LogP contribution in [-0.4, -0.2) is 17.4 Å². The number of carboxylic acids is 1. The SMILES string of the molecule is O=C(O)c1c(Oc2ccc(OC(F)(F)F)cc2)ccc(F)c1F. The number of benzene rings is 2. The van der Waals surface area contributed by atoms with Crippen molar-refractivity contribution in [3.8, 4) is 17.2 Å². The molecule has 0 aliphatic heterocycles. The second kappa shape index (κ2) is 6.11. The van der Waals surface area contributed by atoms with Crippen molar-refractivity contribution in [1.82, 2.24) is 0 Å².